The maximum Gasteiger partial charge on any atom is 0.409 e. The van der Waals surface area contributed by atoms with Crippen LogP contribution in [0.15, 0.2) is 66.7 Å². The molecule has 1 aliphatic rings. The summed E-state index contributed by atoms with van der Waals surface area (Å²) in [4.78, 5) is 49.8. The number of aromatic nitrogens is 2. The zero-order valence-electron chi connectivity index (χ0n) is 20.7. The summed E-state index contributed by atoms with van der Waals surface area (Å²) in [5, 5.41) is 5.93. The van der Waals surface area contributed by atoms with Crippen molar-refractivity contribution >= 4 is 23.7 Å². The Morgan fingerprint density at radius 2 is 1.54 bits per heavy atom. The Morgan fingerprint density at radius 3 is 2.22 bits per heavy atom. The van der Waals surface area contributed by atoms with Crippen LogP contribution in [-0.4, -0.2) is 77.0 Å². The summed E-state index contributed by atoms with van der Waals surface area (Å²) in [6.45, 7) is 3.97. The molecule has 10 heteroatoms. The lowest BCUT2D eigenvalue weighted by atomic mass is 10.2. The van der Waals surface area contributed by atoms with Crippen molar-refractivity contribution < 1.29 is 19.1 Å². The molecule has 1 aromatic heterocycles. The Balaban J connectivity index is 1.40. The maximum absolute atomic E-state index is 13.0. The zero-order chi connectivity index (χ0) is 26.0. The Hall–Kier alpha value is -4.47. The van der Waals surface area contributed by atoms with E-state index in [4.69, 9.17) is 4.74 Å². The number of hydrogen-bond donors (Lipinski definition) is 2. The van der Waals surface area contributed by atoms with Gasteiger partial charge in [-0.1, -0.05) is 60.7 Å². The second kappa shape index (κ2) is 12.5. The van der Waals surface area contributed by atoms with E-state index in [1.165, 1.54) is 0 Å². The monoisotopic (exact) mass is 502 g/mol. The maximum atomic E-state index is 13.0. The third kappa shape index (κ3) is 7.03. The lowest BCUT2D eigenvalue weighted by Crippen LogP contribution is -2.52. The van der Waals surface area contributed by atoms with Crippen molar-refractivity contribution in [3.8, 4) is 11.4 Å². The number of rotatable bonds is 8. The zero-order valence-corrected chi connectivity index (χ0v) is 20.7. The van der Waals surface area contributed by atoms with Crippen molar-refractivity contribution in [3.05, 3.63) is 78.0 Å². The van der Waals surface area contributed by atoms with Crippen LogP contribution in [0.3, 0.4) is 0 Å². The molecule has 10 nitrogen and oxygen atoms in total. The minimum atomic E-state index is -0.471. The highest BCUT2D eigenvalue weighted by atomic mass is 16.6. The fourth-order valence-corrected chi connectivity index (χ4v) is 3.87. The van der Waals surface area contributed by atoms with Crippen molar-refractivity contribution in [3.63, 3.8) is 0 Å². The van der Waals surface area contributed by atoms with Crippen molar-refractivity contribution in [2.24, 2.45) is 0 Å². The number of carbonyl (C=O) groups excluding carboxylic acids is 3. The van der Waals surface area contributed by atoms with Crippen molar-refractivity contribution in [2.75, 3.05) is 44.6 Å². The van der Waals surface area contributed by atoms with E-state index in [0.29, 0.717) is 51.0 Å². The smallest absolute Gasteiger partial charge is 0.409 e. The third-order valence-corrected chi connectivity index (χ3v) is 5.87. The molecule has 0 bridgehead atoms. The van der Waals surface area contributed by atoms with Crippen LogP contribution in [0.5, 0.6) is 0 Å². The van der Waals surface area contributed by atoms with Gasteiger partial charge in [-0.3, -0.25) is 9.59 Å². The van der Waals surface area contributed by atoms with E-state index in [1.807, 2.05) is 60.7 Å². The van der Waals surface area contributed by atoms with Crippen LogP contribution < -0.4 is 10.6 Å². The molecule has 3 aromatic rings. The fourth-order valence-electron chi connectivity index (χ4n) is 3.87. The first-order valence-corrected chi connectivity index (χ1v) is 12.2. The van der Waals surface area contributed by atoms with Gasteiger partial charge in [-0.15, -0.1) is 0 Å². The molecular weight excluding hydrogens is 472 g/mol. The highest BCUT2D eigenvalue weighted by Gasteiger charge is 2.25. The summed E-state index contributed by atoms with van der Waals surface area (Å²) in [5.74, 6) is 0.215. The Kier molecular flexibility index (Phi) is 8.64. The molecule has 1 fully saturated rings. The van der Waals surface area contributed by atoms with Gasteiger partial charge in [-0.05, 0) is 12.5 Å². The molecule has 4 rings (SSSR count). The average molecular weight is 503 g/mol. The molecule has 1 aliphatic heterocycles. The SMILES string of the molecule is CCOC(=O)N1CCN(C(=O)CNC(=O)c2cc(NCc3ccccc3)nc(-c3ccccc3)n2)CC1. The number of carbonyl (C=O) groups is 3. The molecule has 37 heavy (non-hydrogen) atoms. The van der Waals surface area contributed by atoms with Gasteiger partial charge in [0.15, 0.2) is 5.82 Å². The van der Waals surface area contributed by atoms with Crippen molar-refractivity contribution in [2.45, 2.75) is 13.5 Å². The molecule has 192 valence electrons. The predicted octanol–water partition coefficient (Wildman–Crippen LogP) is 2.79. The number of piperazine rings is 1. The molecule has 0 saturated carbocycles. The standard InChI is InChI=1S/C27H30N6O4/c1-2-37-27(36)33-15-13-32(14-16-33)24(34)19-29-26(35)22-17-23(28-18-20-9-5-3-6-10-20)31-25(30-22)21-11-7-4-8-12-21/h3-12,17H,2,13-16,18-19H2,1H3,(H,29,35)(H,28,30,31). The predicted molar refractivity (Wildman–Crippen MR) is 139 cm³/mol. The van der Waals surface area contributed by atoms with Crippen molar-refractivity contribution in [1.82, 2.24) is 25.1 Å². The number of nitrogens with one attached hydrogen (secondary N) is 2. The van der Waals surface area contributed by atoms with Crippen LogP contribution >= 0.6 is 0 Å². The average Bonchev–Trinajstić information content (AvgIpc) is 2.95. The Morgan fingerprint density at radius 1 is 0.892 bits per heavy atom. The van der Waals surface area contributed by atoms with Gasteiger partial charge in [0.1, 0.15) is 11.5 Å². The number of nitrogens with zero attached hydrogens (tertiary/aromatic N) is 4. The molecule has 2 N–H and O–H groups in total. The second-order valence-electron chi connectivity index (χ2n) is 8.42. The highest BCUT2D eigenvalue weighted by Crippen LogP contribution is 2.18. The molecule has 0 unspecified atom stereocenters. The van der Waals surface area contributed by atoms with Crippen LogP contribution in [0.4, 0.5) is 10.6 Å². The first kappa shape index (κ1) is 25.6. The minimum Gasteiger partial charge on any atom is -0.450 e. The normalized spacial score (nSPS) is 13.1. The summed E-state index contributed by atoms with van der Waals surface area (Å²) in [6.07, 6.45) is -0.377. The van der Waals surface area contributed by atoms with E-state index >= 15 is 0 Å². The number of benzene rings is 2. The lowest BCUT2D eigenvalue weighted by molar-refractivity contribution is -0.131. The Bertz CT molecular complexity index is 1210. The fraction of sp³-hybridized carbons (Fsp3) is 0.296. The number of anilines is 1. The first-order chi connectivity index (χ1) is 18.0. The van der Waals surface area contributed by atoms with Gasteiger partial charge in [0.05, 0.1) is 13.2 Å². The van der Waals surface area contributed by atoms with Gasteiger partial charge in [0.2, 0.25) is 5.91 Å². The number of ether oxygens (including phenoxy) is 1. The lowest BCUT2D eigenvalue weighted by Gasteiger charge is -2.34. The van der Waals surface area contributed by atoms with E-state index < -0.39 is 5.91 Å². The topological polar surface area (TPSA) is 117 Å². The van der Waals surface area contributed by atoms with Crippen LogP contribution in [0.25, 0.3) is 11.4 Å². The van der Waals surface area contributed by atoms with Gasteiger partial charge < -0.3 is 25.2 Å². The molecule has 0 aliphatic carbocycles. The van der Waals surface area contributed by atoms with Crippen LogP contribution in [0.2, 0.25) is 0 Å². The van der Waals surface area contributed by atoms with E-state index in [1.54, 1.807) is 22.8 Å². The van der Waals surface area contributed by atoms with E-state index in [-0.39, 0.29) is 24.2 Å². The van der Waals surface area contributed by atoms with Gasteiger partial charge in [-0.25, -0.2) is 14.8 Å². The summed E-state index contributed by atoms with van der Waals surface area (Å²) >= 11 is 0. The molecular formula is C27H30N6O4. The van der Waals surface area contributed by atoms with Gasteiger partial charge in [-0.2, -0.15) is 0 Å². The van der Waals surface area contributed by atoms with E-state index in [9.17, 15) is 14.4 Å². The van der Waals surface area contributed by atoms with Crippen LogP contribution in [0, 0.1) is 0 Å². The van der Waals surface area contributed by atoms with E-state index in [0.717, 1.165) is 11.1 Å². The van der Waals surface area contributed by atoms with Gasteiger partial charge >= 0.3 is 6.09 Å². The quantitative estimate of drug-likeness (QED) is 0.487. The minimum absolute atomic E-state index is 0.157. The molecule has 2 aromatic carbocycles. The molecule has 3 amide bonds. The largest absolute Gasteiger partial charge is 0.450 e. The first-order valence-electron chi connectivity index (χ1n) is 12.2. The summed E-state index contributed by atoms with van der Waals surface area (Å²) in [7, 11) is 0. The third-order valence-electron chi connectivity index (χ3n) is 5.87. The second-order valence-corrected chi connectivity index (χ2v) is 8.42. The van der Waals surface area contributed by atoms with Gasteiger partial charge in [0, 0.05) is 44.4 Å². The van der Waals surface area contributed by atoms with Gasteiger partial charge in [0.25, 0.3) is 5.91 Å². The molecule has 0 spiro atoms. The summed E-state index contributed by atoms with van der Waals surface area (Å²) < 4.78 is 5.01. The number of amides is 3. The van der Waals surface area contributed by atoms with Crippen molar-refractivity contribution in [1.29, 1.82) is 0 Å². The van der Waals surface area contributed by atoms with Crippen LogP contribution in [0.1, 0.15) is 23.0 Å². The van der Waals surface area contributed by atoms with Crippen LogP contribution in [-0.2, 0) is 16.1 Å². The Labute approximate surface area is 215 Å². The molecule has 1 saturated heterocycles. The summed E-state index contributed by atoms with van der Waals surface area (Å²) in [5.41, 5.74) is 2.00. The summed E-state index contributed by atoms with van der Waals surface area (Å²) in [6, 6.07) is 20.8. The highest BCUT2D eigenvalue weighted by molar-refractivity contribution is 5.95. The van der Waals surface area contributed by atoms with E-state index in [2.05, 4.69) is 20.6 Å². The molecule has 2 heterocycles. The molecule has 0 radical (unpaired) electrons. The molecule has 0 atom stereocenters. The number of hydrogen-bond acceptors (Lipinski definition) is 7.